The van der Waals surface area contributed by atoms with Crippen LogP contribution in [-0.2, 0) is 6.54 Å². The van der Waals surface area contributed by atoms with Crippen LogP contribution >= 0.6 is 0 Å². The molecular formula is C9H12N2O. The maximum Gasteiger partial charge on any atom is 0.133 e. The van der Waals surface area contributed by atoms with Gasteiger partial charge in [-0.15, -0.1) is 12.3 Å². The predicted octanol–water partition coefficient (Wildman–Crippen LogP) is 1.10. The van der Waals surface area contributed by atoms with Crippen LogP contribution in [0.4, 0.5) is 0 Å². The fraction of sp³-hybridized carbons (Fsp3) is 0.444. The first-order chi connectivity index (χ1) is 5.83. The summed E-state index contributed by atoms with van der Waals surface area (Å²) in [5.41, 5.74) is 0.921. The van der Waals surface area contributed by atoms with Gasteiger partial charge in [-0.3, -0.25) is 0 Å². The van der Waals surface area contributed by atoms with E-state index in [4.69, 9.17) is 10.9 Å². The second-order valence-corrected chi connectivity index (χ2v) is 2.56. The second kappa shape index (κ2) is 4.58. The van der Waals surface area contributed by atoms with Crippen LogP contribution < -0.4 is 5.32 Å². The maximum atomic E-state index is 5.09. The third kappa shape index (κ3) is 2.77. The zero-order chi connectivity index (χ0) is 8.81. The van der Waals surface area contributed by atoms with Gasteiger partial charge in [-0.05, 0) is 6.92 Å². The molecule has 3 heteroatoms. The molecule has 1 N–H and O–H groups in total. The van der Waals surface area contributed by atoms with Crippen molar-refractivity contribution in [3.8, 4) is 12.3 Å². The molecule has 0 spiro atoms. The zero-order valence-electron chi connectivity index (χ0n) is 7.13. The summed E-state index contributed by atoms with van der Waals surface area (Å²) < 4.78 is 4.89. The van der Waals surface area contributed by atoms with Crippen LogP contribution in [0.5, 0.6) is 0 Å². The SMILES string of the molecule is C#CCCNCc1cc(C)on1. The van der Waals surface area contributed by atoms with Crippen molar-refractivity contribution in [3.63, 3.8) is 0 Å². The van der Waals surface area contributed by atoms with Crippen LogP contribution in [0.15, 0.2) is 10.6 Å². The Morgan fingerprint density at radius 1 is 1.75 bits per heavy atom. The highest BCUT2D eigenvalue weighted by atomic mass is 16.5. The molecule has 0 atom stereocenters. The van der Waals surface area contributed by atoms with E-state index in [1.807, 2.05) is 13.0 Å². The van der Waals surface area contributed by atoms with Crippen LogP contribution in [0.25, 0.3) is 0 Å². The monoisotopic (exact) mass is 164 g/mol. The Bertz CT molecular complexity index is 272. The summed E-state index contributed by atoms with van der Waals surface area (Å²) in [5, 5.41) is 6.98. The van der Waals surface area contributed by atoms with Crippen molar-refractivity contribution in [2.45, 2.75) is 19.9 Å². The van der Waals surface area contributed by atoms with E-state index in [9.17, 15) is 0 Å². The van der Waals surface area contributed by atoms with E-state index in [-0.39, 0.29) is 0 Å². The third-order valence-corrected chi connectivity index (χ3v) is 1.43. The molecule has 0 fully saturated rings. The molecule has 0 radical (unpaired) electrons. The van der Waals surface area contributed by atoms with Gasteiger partial charge in [-0.1, -0.05) is 5.16 Å². The van der Waals surface area contributed by atoms with Gasteiger partial charge in [-0.2, -0.15) is 0 Å². The molecule has 0 aromatic carbocycles. The van der Waals surface area contributed by atoms with Crippen molar-refractivity contribution < 1.29 is 4.52 Å². The average molecular weight is 164 g/mol. The fourth-order valence-corrected chi connectivity index (χ4v) is 0.878. The van der Waals surface area contributed by atoms with Crippen molar-refractivity contribution >= 4 is 0 Å². The molecule has 3 nitrogen and oxygen atoms in total. The van der Waals surface area contributed by atoms with E-state index in [2.05, 4.69) is 16.4 Å². The Kier molecular flexibility index (Phi) is 3.36. The van der Waals surface area contributed by atoms with Crippen LogP contribution in [-0.4, -0.2) is 11.7 Å². The van der Waals surface area contributed by atoms with Gasteiger partial charge in [0.15, 0.2) is 0 Å². The number of aryl methyl sites for hydroxylation is 1. The summed E-state index contributed by atoms with van der Waals surface area (Å²) in [6, 6.07) is 1.91. The lowest BCUT2D eigenvalue weighted by Gasteiger charge is -1.96. The Morgan fingerprint density at radius 2 is 2.58 bits per heavy atom. The molecule has 1 aromatic heterocycles. The number of aromatic nitrogens is 1. The highest BCUT2D eigenvalue weighted by molar-refractivity contribution is 5.02. The number of hydrogen-bond acceptors (Lipinski definition) is 3. The van der Waals surface area contributed by atoms with Gasteiger partial charge in [0.05, 0.1) is 5.69 Å². The fourth-order valence-electron chi connectivity index (χ4n) is 0.878. The molecule has 0 aliphatic rings. The minimum atomic E-state index is 0.721. The average Bonchev–Trinajstić information content (AvgIpc) is 2.45. The van der Waals surface area contributed by atoms with Crippen molar-refractivity contribution in [3.05, 3.63) is 17.5 Å². The smallest absolute Gasteiger partial charge is 0.133 e. The summed E-state index contributed by atoms with van der Waals surface area (Å²) in [7, 11) is 0. The van der Waals surface area contributed by atoms with Crippen molar-refractivity contribution in [1.82, 2.24) is 10.5 Å². The van der Waals surface area contributed by atoms with Crippen molar-refractivity contribution in [2.75, 3.05) is 6.54 Å². The molecule has 1 heterocycles. The second-order valence-electron chi connectivity index (χ2n) is 2.56. The third-order valence-electron chi connectivity index (χ3n) is 1.43. The summed E-state index contributed by atoms with van der Waals surface area (Å²) in [4.78, 5) is 0. The zero-order valence-corrected chi connectivity index (χ0v) is 7.13. The molecule has 0 saturated heterocycles. The number of terminal acetylenes is 1. The Balaban J connectivity index is 2.21. The summed E-state index contributed by atoms with van der Waals surface area (Å²) in [6.07, 6.45) is 5.83. The molecular weight excluding hydrogens is 152 g/mol. The molecule has 0 saturated carbocycles. The van der Waals surface area contributed by atoms with E-state index in [0.29, 0.717) is 0 Å². The molecule has 1 rings (SSSR count). The lowest BCUT2D eigenvalue weighted by molar-refractivity contribution is 0.388. The number of nitrogens with zero attached hydrogens (tertiary/aromatic N) is 1. The molecule has 0 bridgehead atoms. The molecule has 1 aromatic rings. The quantitative estimate of drug-likeness (QED) is 0.535. The van der Waals surface area contributed by atoms with E-state index in [1.165, 1.54) is 0 Å². The molecule has 12 heavy (non-hydrogen) atoms. The number of rotatable bonds is 4. The van der Waals surface area contributed by atoms with Gasteiger partial charge in [0.2, 0.25) is 0 Å². The minimum absolute atomic E-state index is 0.721. The van der Waals surface area contributed by atoms with Gasteiger partial charge < -0.3 is 9.84 Å². The predicted molar refractivity (Wildman–Crippen MR) is 46.4 cm³/mol. The minimum Gasteiger partial charge on any atom is -0.361 e. The largest absolute Gasteiger partial charge is 0.361 e. The molecule has 0 aliphatic heterocycles. The number of hydrogen-bond donors (Lipinski definition) is 1. The first kappa shape index (κ1) is 8.82. The Labute approximate surface area is 72.1 Å². The van der Waals surface area contributed by atoms with Gasteiger partial charge >= 0.3 is 0 Å². The van der Waals surface area contributed by atoms with E-state index in [0.717, 1.165) is 31.0 Å². The number of nitrogens with one attached hydrogen (secondary N) is 1. The Morgan fingerprint density at radius 3 is 3.17 bits per heavy atom. The van der Waals surface area contributed by atoms with Crippen molar-refractivity contribution in [2.24, 2.45) is 0 Å². The summed E-state index contributed by atoms with van der Waals surface area (Å²) >= 11 is 0. The molecule has 0 aliphatic carbocycles. The standard InChI is InChI=1S/C9H12N2O/c1-3-4-5-10-7-9-6-8(2)12-11-9/h1,6,10H,4-5,7H2,2H3. The lowest BCUT2D eigenvalue weighted by atomic mass is 10.3. The van der Waals surface area contributed by atoms with Gasteiger partial charge in [0, 0.05) is 25.6 Å². The van der Waals surface area contributed by atoms with E-state index >= 15 is 0 Å². The maximum absolute atomic E-state index is 5.09. The van der Waals surface area contributed by atoms with Gasteiger partial charge in [0.1, 0.15) is 5.76 Å². The van der Waals surface area contributed by atoms with Crippen LogP contribution in [0.1, 0.15) is 17.9 Å². The lowest BCUT2D eigenvalue weighted by Crippen LogP contribution is -2.14. The normalized spacial score (nSPS) is 9.67. The van der Waals surface area contributed by atoms with Gasteiger partial charge in [0.25, 0.3) is 0 Å². The molecule has 0 unspecified atom stereocenters. The van der Waals surface area contributed by atoms with Crippen LogP contribution in [0.2, 0.25) is 0 Å². The molecule has 0 amide bonds. The van der Waals surface area contributed by atoms with E-state index < -0.39 is 0 Å². The molecule has 64 valence electrons. The highest BCUT2D eigenvalue weighted by Gasteiger charge is 1.97. The Hall–Kier alpha value is -1.27. The van der Waals surface area contributed by atoms with E-state index in [1.54, 1.807) is 0 Å². The summed E-state index contributed by atoms with van der Waals surface area (Å²) in [5.74, 6) is 3.39. The van der Waals surface area contributed by atoms with Crippen LogP contribution in [0.3, 0.4) is 0 Å². The highest BCUT2D eigenvalue weighted by Crippen LogP contribution is 2.00. The summed E-state index contributed by atoms with van der Waals surface area (Å²) in [6.45, 7) is 3.42. The van der Waals surface area contributed by atoms with Gasteiger partial charge in [-0.25, -0.2) is 0 Å². The topological polar surface area (TPSA) is 38.1 Å². The first-order valence-corrected chi connectivity index (χ1v) is 3.89. The first-order valence-electron chi connectivity index (χ1n) is 3.89. The van der Waals surface area contributed by atoms with Crippen molar-refractivity contribution in [1.29, 1.82) is 0 Å². The van der Waals surface area contributed by atoms with Crippen LogP contribution in [0, 0.1) is 19.3 Å².